The second-order valence-corrected chi connectivity index (χ2v) is 3.97. The van der Waals surface area contributed by atoms with Gasteiger partial charge in [0, 0.05) is 5.69 Å². The lowest BCUT2D eigenvalue weighted by Gasteiger charge is -2.04. The molecule has 2 N–H and O–H groups in total. The van der Waals surface area contributed by atoms with Gasteiger partial charge in [-0.2, -0.15) is 0 Å². The van der Waals surface area contributed by atoms with Crippen LogP contribution in [0.15, 0.2) is 48.5 Å². The van der Waals surface area contributed by atoms with E-state index in [0.29, 0.717) is 27.1 Å². The van der Waals surface area contributed by atoms with Gasteiger partial charge in [-0.15, -0.1) is 5.10 Å². The first-order chi connectivity index (χ1) is 9.25. The number of nitrogens with one attached hydrogen (secondary N) is 1. The molecule has 1 amide bonds. The number of hydrogen-bond donors (Lipinski definition) is 2. The number of anilines is 1. The third-order valence-electron chi connectivity index (χ3n) is 2.74. The van der Waals surface area contributed by atoms with Crippen molar-refractivity contribution in [2.75, 3.05) is 5.32 Å². The van der Waals surface area contributed by atoms with E-state index in [1.54, 1.807) is 30.3 Å². The molecule has 0 spiro atoms. The van der Waals surface area contributed by atoms with E-state index in [4.69, 9.17) is 0 Å². The minimum atomic E-state index is -0.294. The van der Waals surface area contributed by atoms with Gasteiger partial charge in [-0.05, 0) is 29.5 Å². The Morgan fingerprint density at radius 2 is 1.89 bits per heavy atom. The maximum atomic E-state index is 12.2. The number of amides is 1. The Morgan fingerprint density at radius 1 is 1.11 bits per heavy atom. The van der Waals surface area contributed by atoms with Gasteiger partial charge >= 0.3 is 0 Å². The van der Waals surface area contributed by atoms with Crippen molar-refractivity contribution in [2.24, 2.45) is 0 Å². The lowest BCUT2D eigenvalue weighted by Crippen LogP contribution is -2.12. The summed E-state index contributed by atoms with van der Waals surface area (Å²) in [4.78, 5) is 12.8. The minimum Gasteiger partial charge on any atom is -0.410 e. The van der Waals surface area contributed by atoms with Crippen molar-refractivity contribution in [2.45, 2.75) is 0 Å². The SMILES string of the molecule is O=C(Nc1ccccc1)c1cccc2c1nnn2O. The van der Waals surface area contributed by atoms with E-state index in [1.807, 2.05) is 18.2 Å². The zero-order valence-corrected chi connectivity index (χ0v) is 9.82. The van der Waals surface area contributed by atoms with Crippen LogP contribution in [0.4, 0.5) is 5.69 Å². The summed E-state index contributed by atoms with van der Waals surface area (Å²) in [6, 6.07) is 14.1. The number of hydrogen-bond acceptors (Lipinski definition) is 4. The summed E-state index contributed by atoms with van der Waals surface area (Å²) in [6.07, 6.45) is 0. The van der Waals surface area contributed by atoms with Gasteiger partial charge in [0.1, 0.15) is 11.0 Å². The second kappa shape index (κ2) is 4.41. The molecule has 0 fully saturated rings. The molecule has 0 saturated carbocycles. The zero-order chi connectivity index (χ0) is 13.2. The summed E-state index contributed by atoms with van der Waals surface area (Å²) in [6.45, 7) is 0. The molecule has 0 saturated heterocycles. The maximum absolute atomic E-state index is 12.2. The van der Waals surface area contributed by atoms with Crippen molar-refractivity contribution in [3.8, 4) is 0 Å². The Morgan fingerprint density at radius 3 is 2.68 bits per heavy atom. The molecule has 0 atom stereocenters. The monoisotopic (exact) mass is 254 g/mol. The predicted molar refractivity (Wildman–Crippen MR) is 69.1 cm³/mol. The Kier molecular flexibility index (Phi) is 2.60. The summed E-state index contributed by atoms with van der Waals surface area (Å²) < 4.78 is 0. The van der Waals surface area contributed by atoms with Crippen molar-refractivity contribution in [1.29, 1.82) is 0 Å². The highest BCUT2D eigenvalue weighted by molar-refractivity contribution is 6.11. The van der Waals surface area contributed by atoms with Crippen molar-refractivity contribution in [3.05, 3.63) is 54.1 Å². The number of aromatic nitrogens is 3. The lowest BCUT2D eigenvalue weighted by molar-refractivity contribution is 0.102. The molecule has 1 aromatic heterocycles. The second-order valence-electron chi connectivity index (χ2n) is 3.97. The predicted octanol–water partition coefficient (Wildman–Crippen LogP) is 1.92. The van der Waals surface area contributed by atoms with Gasteiger partial charge in [-0.25, -0.2) is 0 Å². The number of fused-ring (bicyclic) bond motifs is 1. The first-order valence-corrected chi connectivity index (χ1v) is 5.66. The topological polar surface area (TPSA) is 80.0 Å². The fourth-order valence-electron chi connectivity index (χ4n) is 1.84. The highest BCUT2D eigenvalue weighted by Gasteiger charge is 2.14. The Bertz CT molecular complexity index is 737. The van der Waals surface area contributed by atoms with Crippen LogP contribution in [0, 0.1) is 0 Å². The first kappa shape index (κ1) is 11.2. The molecule has 0 bridgehead atoms. The Hall–Kier alpha value is -2.89. The highest BCUT2D eigenvalue weighted by atomic mass is 16.5. The van der Waals surface area contributed by atoms with E-state index >= 15 is 0 Å². The van der Waals surface area contributed by atoms with E-state index < -0.39 is 0 Å². The normalized spacial score (nSPS) is 10.5. The molecular formula is C13H10N4O2. The van der Waals surface area contributed by atoms with Crippen molar-refractivity contribution in [1.82, 2.24) is 15.2 Å². The van der Waals surface area contributed by atoms with E-state index in [0.717, 1.165) is 0 Å². The minimum absolute atomic E-state index is 0.294. The number of para-hydroxylation sites is 1. The molecule has 19 heavy (non-hydrogen) atoms. The van der Waals surface area contributed by atoms with Crippen LogP contribution in [-0.2, 0) is 0 Å². The van der Waals surface area contributed by atoms with Crippen molar-refractivity contribution >= 4 is 22.6 Å². The van der Waals surface area contributed by atoms with Gasteiger partial charge < -0.3 is 10.5 Å². The van der Waals surface area contributed by atoms with Crippen LogP contribution in [-0.4, -0.2) is 26.3 Å². The molecular weight excluding hydrogens is 244 g/mol. The van der Waals surface area contributed by atoms with Crippen LogP contribution >= 0.6 is 0 Å². The van der Waals surface area contributed by atoms with Crippen molar-refractivity contribution < 1.29 is 10.0 Å². The summed E-state index contributed by atoms with van der Waals surface area (Å²) in [7, 11) is 0. The number of nitrogens with zero attached hydrogens (tertiary/aromatic N) is 3. The first-order valence-electron chi connectivity index (χ1n) is 5.66. The maximum Gasteiger partial charge on any atom is 0.258 e. The highest BCUT2D eigenvalue weighted by Crippen LogP contribution is 2.17. The van der Waals surface area contributed by atoms with Crippen LogP contribution < -0.4 is 5.32 Å². The average Bonchev–Trinajstić information content (AvgIpc) is 2.82. The van der Waals surface area contributed by atoms with Gasteiger partial charge in [0.05, 0.1) is 5.56 Å². The number of benzene rings is 2. The average molecular weight is 254 g/mol. The molecule has 94 valence electrons. The fraction of sp³-hybridized carbons (Fsp3) is 0. The van der Waals surface area contributed by atoms with Gasteiger partial charge in [-0.3, -0.25) is 4.79 Å². The summed E-state index contributed by atoms with van der Waals surface area (Å²) >= 11 is 0. The molecule has 3 rings (SSSR count). The van der Waals surface area contributed by atoms with Crippen LogP contribution in [0.3, 0.4) is 0 Å². The third kappa shape index (κ3) is 1.99. The standard InChI is InChI=1S/C13H10N4O2/c18-13(14-9-5-2-1-3-6-9)10-7-4-8-11-12(10)15-16-17(11)19/h1-8,19H,(H,14,18). The molecule has 6 heteroatoms. The Balaban J connectivity index is 1.98. The van der Waals surface area contributed by atoms with E-state index in [-0.39, 0.29) is 5.91 Å². The largest absolute Gasteiger partial charge is 0.410 e. The van der Waals surface area contributed by atoms with E-state index in [1.165, 1.54) is 0 Å². The quantitative estimate of drug-likeness (QED) is 0.685. The molecule has 0 aliphatic heterocycles. The molecule has 0 unspecified atom stereocenters. The molecule has 3 aromatic rings. The Labute approximate surface area is 108 Å². The van der Waals surface area contributed by atoms with Gasteiger partial charge in [0.15, 0.2) is 0 Å². The summed E-state index contributed by atoms with van der Waals surface area (Å²) in [5.41, 5.74) is 1.81. The number of carbonyl (C=O) groups is 1. The van der Waals surface area contributed by atoms with Crippen LogP contribution in [0.1, 0.15) is 10.4 Å². The number of rotatable bonds is 2. The zero-order valence-electron chi connectivity index (χ0n) is 9.82. The molecule has 0 aliphatic carbocycles. The third-order valence-corrected chi connectivity index (χ3v) is 2.74. The molecule has 2 aromatic carbocycles. The molecule has 6 nitrogen and oxygen atoms in total. The van der Waals surface area contributed by atoms with Crippen molar-refractivity contribution in [3.63, 3.8) is 0 Å². The molecule has 1 heterocycles. The smallest absolute Gasteiger partial charge is 0.258 e. The van der Waals surface area contributed by atoms with Gasteiger partial charge in [-0.1, -0.05) is 29.1 Å². The fourth-order valence-corrected chi connectivity index (χ4v) is 1.84. The van der Waals surface area contributed by atoms with E-state index in [2.05, 4.69) is 15.6 Å². The van der Waals surface area contributed by atoms with E-state index in [9.17, 15) is 10.0 Å². The van der Waals surface area contributed by atoms with Crippen LogP contribution in [0.2, 0.25) is 0 Å². The summed E-state index contributed by atoms with van der Waals surface area (Å²) in [5.74, 6) is -0.294. The van der Waals surface area contributed by atoms with Crippen LogP contribution in [0.5, 0.6) is 0 Å². The lowest BCUT2D eigenvalue weighted by atomic mass is 10.1. The van der Waals surface area contributed by atoms with Gasteiger partial charge in [0.25, 0.3) is 5.91 Å². The molecule has 0 radical (unpaired) electrons. The number of carbonyl (C=O) groups excluding carboxylic acids is 1. The molecule has 0 aliphatic rings. The summed E-state index contributed by atoms with van der Waals surface area (Å²) in [5, 5.41) is 19.5. The van der Waals surface area contributed by atoms with Crippen LogP contribution in [0.25, 0.3) is 11.0 Å². The van der Waals surface area contributed by atoms with Gasteiger partial charge in [0.2, 0.25) is 0 Å².